The molecule has 1 aromatic carbocycles. The van der Waals surface area contributed by atoms with Crippen LogP contribution in [0.3, 0.4) is 0 Å². The first-order valence-corrected chi connectivity index (χ1v) is 12.4. The van der Waals surface area contributed by atoms with Gasteiger partial charge in [0.2, 0.25) is 5.91 Å². The van der Waals surface area contributed by atoms with Gasteiger partial charge in [-0.2, -0.15) is 5.26 Å². The van der Waals surface area contributed by atoms with Crippen molar-refractivity contribution >= 4 is 22.5 Å². The minimum absolute atomic E-state index is 0.0782. The highest BCUT2D eigenvalue weighted by Crippen LogP contribution is 2.34. The Kier molecular flexibility index (Phi) is 7.03. The van der Waals surface area contributed by atoms with Crippen LogP contribution in [0, 0.1) is 11.3 Å². The molecule has 3 aromatic rings. The van der Waals surface area contributed by atoms with Gasteiger partial charge in [0.05, 0.1) is 25.3 Å². The fraction of sp³-hybridized carbons (Fsp3) is 0.393. The highest BCUT2D eigenvalue weighted by Gasteiger charge is 2.20. The van der Waals surface area contributed by atoms with Gasteiger partial charge in [0.25, 0.3) is 0 Å². The molecule has 1 amide bonds. The highest BCUT2D eigenvalue weighted by molar-refractivity contribution is 5.95. The molecule has 36 heavy (non-hydrogen) atoms. The van der Waals surface area contributed by atoms with Gasteiger partial charge in [-0.1, -0.05) is 12.1 Å². The monoisotopic (exact) mass is 485 g/mol. The molecule has 0 aliphatic carbocycles. The van der Waals surface area contributed by atoms with Crippen molar-refractivity contribution < 1.29 is 14.3 Å². The van der Waals surface area contributed by atoms with Crippen LogP contribution in [0.25, 0.3) is 27.7 Å². The first-order chi connectivity index (χ1) is 17.5. The summed E-state index contributed by atoms with van der Waals surface area (Å²) >= 11 is 0. The van der Waals surface area contributed by atoms with E-state index in [1.807, 2.05) is 54.5 Å². The molecule has 0 unspecified atom stereocenters. The van der Waals surface area contributed by atoms with E-state index in [9.17, 15) is 10.1 Å². The molecular weight excluding hydrogens is 454 g/mol. The zero-order valence-corrected chi connectivity index (χ0v) is 20.8. The van der Waals surface area contributed by atoms with Crippen LogP contribution in [0.15, 0.2) is 42.7 Å². The Morgan fingerprint density at radius 2 is 2.11 bits per heavy atom. The van der Waals surface area contributed by atoms with E-state index < -0.39 is 0 Å². The molecule has 0 radical (unpaired) electrons. The molecule has 186 valence electrons. The van der Waals surface area contributed by atoms with E-state index in [1.165, 1.54) is 5.57 Å². The second-order valence-electron chi connectivity index (χ2n) is 9.63. The molecule has 0 saturated carbocycles. The zero-order valence-electron chi connectivity index (χ0n) is 20.8. The maximum atomic E-state index is 12.4. The van der Waals surface area contributed by atoms with Gasteiger partial charge in [0.1, 0.15) is 23.6 Å². The number of hydrogen-bond acceptors (Lipinski definition) is 6. The molecule has 5 rings (SSSR count). The summed E-state index contributed by atoms with van der Waals surface area (Å²) in [4.78, 5) is 24.1. The second kappa shape index (κ2) is 10.5. The number of amides is 1. The molecule has 1 saturated heterocycles. The smallest absolute Gasteiger partial charge is 0.237 e. The number of rotatable bonds is 6. The van der Waals surface area contributed by atoms with E-state index in [4.69, 9.17) is 9.47 Å². The van der Waals surface area contributed by atoms with Crippen LogP contribution in [0.5, 0.6) is 5.75 Å². The number of carbonyl (C=O) groups is 1. The summed E-state index contributed by atoms with van der Waals surface area (Å²) in [5, 5.41) is 10.8. The molecule has 2 aromatic heterocycles. The van der Waals surface area contributed by atoms with Gasteiger partial charge in [-0.15, -0.1) is 0 Å². The Bertz CT molecular complexity index is 1330. The summed E-state index contributed by atoms with van der Waals surface area (Å²) in [7, 11) is 3.82. The van der Waals surface area contributed by atoms with Crippen LogP contribution in [0.4, 0.5) is 0 Å². The first kappa shape index (κ1) is 24.0. The van der Waals surface area contributed by atoms with Crippen molar-refractivity contribution in [3.05, 3.63) is 53.9 Å². The van der Waals surface area contributed by atoms with E-state index in [0.717, 1.165) is 47.0 Å². The van der Waals surface area contributed by atoms with Gasteiger partial charge in [0.15, 0.2) is 0 Å². The Balaban J connectivity index is 1.38. The lowest BCUT2D eigenvalue weighted by atomic mass is 9.98. The van der Waals surface area contributed by atoms with Crippen LogP contribution in [0.1, 0.15) is 30.4 Å². The fourth-order valence-electron chi connectivity index (χ4n) is 4.81. The van der Waals surface area contributed by atoms with Crippen LogP contribution < -0.4 is 4.74 Å². The summed E-state index contributed by atoms with van der Waals surface area (Å²) in [6, 6.07) is 10.2. The average Bonchev–Trinajstić information content (AvgIpc) is 3.32. The predicted molar refractivity (Wildman–Crippen MR) is 138 cm³/mol. The normalized spacial score (nSPS) is 16.7. The number of nitrogens with zero attached hydrogens (tertiary/aromatic N) is 4. The maximum Gasteiger partial charge on any atom is 0.237 e. The Morgan fingerprint density at radius 1 is 1.28 bits per heavy atom. The number of pyridine rings is 1. The number of benzene rings is 1. The zero-order chi connectivity index (χ0) is 25.1. The third-order valence-electron chi connectivity index (χ3n) is 6.79. The van der Waals surface area contributed by atoms with Gasteiger partial charge in [0, 0.05) is 49.3 Å². The van der Waals surface area contributed by atoms with Crippen LogP contribution in [-0.2, 0) is 9.53 Å². The number of H-pyrrole nitrogens is 1. The van der Waals surface area contributed by atoms with E-state index in [-0.39, 0.29) is 12.0 Å². The van der Waals surface area contributed by atoms with Crippen molar-refractivity contribution in [3.63, 3.8) is 0 Å². The third kappa shape index (κ3) is 5.13. The Labute approximate surface area is 211 Å². The largest absolute Gasteiger partial charge is 0.489 e. The summed E-state index contributed by atoms with van der Waals surface area (Å²) in [6.45, 7) is 3.12. The molecule has 4 heterocycles. The number of aromatic amines is 1. The quantitative estimate of drug-likeness (QED) is 0.570. The molecule has 2 aliphatic rings. The van der Waals surface area contributed by atoms with Crippen molar-refractivity contribution in [2.75, 3.05) is 46.9 Å². The van der Waals surface area contributed by atoms with E-state index >= 15 is 0 Å². The number of ether oxygens (including phenoxy) is 2. The molecular formula is C28H31N5O3. The lowest BCUT2D eigenvalue weighted by Crippen LogP contribution is -2.40. The number of hydrogen-bond donors (Lipinski definition) is 1. The molecule has 1 N–H and O–H groups in total. The summed E-state index contributed by atoms with van der Waals surface area (Å²) in [5.74, 6) is 0.766. The maximum absolute atomic E-state index is 12.4. The minimum Gasteiger partial charge on any atom is -0.489 e. The average molecular weight is 486 g/mol. The van der Waals surface area contributed by atoms with Gasteiger partial charge in [-0.05, 0) is 55.4 Å². The van der Waals surface area contributed by atoms with Gasteiger partial charge in [-0.3, -0.25) is 4.79 Å². The number of aromatic nitrogens is 2. The first-order valence-electron chi connectivity index (χ1n) is 12.4. The molecule has 0 spiro atoms. The molecule has 8 heteroatoms. The summed E-state index contributed by atoms with van der Waals surface area (Å²) < 4.78 is 11.5. The number of nitriles is 1. The van der Waals surface area contributed by atoms with Gasteiger partial charge < -0.3 is 24.3 Å². The molecule has 0 atom stereocenters. The summed E-state index contributed by atoms with van der Waals surface area (Å²) in [6.07, 6.45) is 8.49. The Morgan fingerprint density at radius 3 is 2.83 bits per heavy atom. The SMILES string of the molecule is CN(C)CC(=O)N1CC=C(c2cnc3[nH]cc(-c4ccc(OC5CCOCC5)c(C#N)c4)c3c2)CC1. The number of carbonyl (C=O) groups excluding carboxylic acids is 1. The topological polar surface area (TPSA) is 94.5 Å². The van der Waals surface area contributed by atoms with Gasteiger partial charge in [-0.25, -0.2) is 4.98 Å². The number of fused-ring (bicyclic) bond motifs is 1. The molecule has 0 bridgehead atoms. The molecule has 1 fully saturated rings. The minimum atomic E-state index is 0.0782. The van der Waals surface area contributed by atoms with Crippen LogP contribution in [0.2, 0.25) is 0 Å². The van der Waals surface area contributed by atoms with E-state index in [2.05, 4.69) is 28.2 Å². The van der Waals surface area contributed by atoms with Gasteiger partial charge >= 0.3 is 0 Å². The van der Waals surface area contributed by atoms with E-state index in [0.29, 0.717) is 44.2 Å². The van der Waals surface area contributed by atoms with E-state index in [1.54, 1.807) is 0 Å². The Hall–Kier alpha value is -3.67. The lowest BCUT2D eigenvalue weighted by molar-refractivity contribution is -0.131. The van der Waals surface area contributed by atoms with Crippen LogP contribution in [-0.4, -0.2) is 78.7 Å². The third-order valence-corrected chi connectivity index (χ3v) is 6.79. The highest BCUT2D eigenvalue weighted by atomic mass is 16.5. The molecule has 2 aliphatic heterocycles. The number of nitrogens with one attached hydrogen (secondary N) is 1. The van der Waals surface area contributed by atoms with Crippen molar-refractivity contribution in [1.82, 2.24) is 19.8 Å². The predicted octanol–water partition coefficient (Wildman–Crippen LogP) is 3.84. The molecule has 8 nitrogen and oxygen atoms in total. The van der Waals surface area contributed by atoms with Crippen molar-refractivity contribution in [2.45, 2.75) is 25.4 Å². The standard InChI is InChI=1S/C28H31N5O3/c1-32(2)18-27(34)33-9-5-19(6-10-33)22-14-24-25(17-31-28(24)30-16-22)20-3-4-26(21(13-20)15-29)36-23-7-11-35-12-8-23/h3-5,13-14,16-17,23H,6-12,18H2,1-2H3,(H,30,31). The van der Waals surface area contributed by atoms with Crippen LogP contribution >= 0.6 is 0 Å². The fourth-order valence-corrected chi connectivity index (χ4v) is 4.81. The van der Waals surface area contributed by atoms with Crippen molar-refractivity contribution in [1.29, 1.82) is 5.26 Å². The lowest BCUT2D eigenvalue weighted by Gasteiger charge is -2.27. The number of likely N-dealkylation sites (N-methyl/N-ethyl adjacent to an activating group) is 1. The van der Waals surface area contributed by atoms with Crippen molar-refractivity contribution in [2.24, 2.45) is 0 Å². The van der Waals surface area contributed by atoms with Crippen molar-refractivity contribution in [3.8, 4) is 22.9 Å². The summed E-state index contributed by atoms with van der Waals surface area (Å²) in [5.41, 5.74) is 5.51. The second-order valence-corrected chi connectivity index (χ2v) is 9.63.